The molecule has 0 saturated carbocycles. The predicted molar refractivity (Wildman–Crippen MR) is 80.9 cm³/mol. The molecule has 0 aromatic heterocycles. The summed E-state index contributed by atoms with van der Waals surface area (Å²) < 4.78 is 5.54. The van der Waals surface area contributed by atoms with Gasteiger partial charge in [0.05, 0.1) is 0 Å². The average Bonchev–Trinajstić information content (AvgIpc) is 2.51. The zero-order chi connectivity index (χ0) is 15.2. The first-order valence-corrected chi connectivity index (χ1v) is 8.35. The molecule has 120 valence electrons. The van der Waals surface area contributed by atoms with Gasteiger partial charge in [0.15, 0.2) is 0 Å². The minimum Gasteiger partial charge on any atom is -0.381 e. The van der Waals surface area contributed by atoms with Crippen LogP contribution >= 0.6 is 0 Å². The molecule has 2 saturated heterocycles. The summed E-state index contributed by atoms with van der Waals surface area (Å²) in [6, 6.07) is -0.522. The van der Waals surface area contributed by atoms with Crippen LogP contribution in [0.25, 0.3) is 0 Å². The van der Waals surface area contributed by atoms with Crippen LogP contribution in [0.5, 0.6) is 0 Å². The van der Waals surface area contributed by atoms with E-state index in [-0.39, 0.29) is 23.9 Å². The summed E-state index contributed by atoms with van der Waals surface area (Å²) in [6.45, 7) is 6.81. The van der Waals surface area contributed by atoms with Gasteiger partial charge in [-0.3, -0.25) is 9.59 Å². The third kappa shape index (κ3) is 3.76. The number of piperazine rings is 1. The number of ether oxygens (including phenoxy) is 1. The molecule has 2 heterocycles. The molecule has 0 radical (unpaired) electrons. The predicted octanol–water partition coefficient (Wildman–Crippen LogP) is 1.80. The Labute approximate surface area is 127 Å². The van der Waals surface area contributed by atoms with Crippen molar-refractivity contribution in [1.29, 1.82) is 0 Å². The van der Waals surface area contributed by atoms with Crippen molar-refractivity contribution < 1.29 is 14.3 Å². The maximum absolute atomic E-state index is 12.6. The summed E-state index contributed by atoms with van der Waals surface area (Å²) >= 11 is 0. The quantitative estimate of drug-likeness (QED) is 0.673. The van der Waals surface area contributed by atoms with Crippen LogP contribution in [-0.2, 0) is 14.3 Å². The van der Waals surface area contributed by atoms with E-state index in [1.54, 1.807) is 9.80 Å². The Kier molecular flexibility index (Phi) is 6.03. The summed E-state index contributed by atoms with van der Waals surface area (Å²) in [5.74, 6) is 0.251. The van der Waals surface area contributed by atoms with Crippen molar-refractivity contribution in [2.75, 3.05) is 26.3 Å². The summed E-state index contributed by atoms with van der Waals surface area (Å²) in [4.78, 5) is 28.5. The Bertz CT molecular complexity index is 373. The van der Waals surface area contributed by atoms with Gasteiger partial charge in [-0.05, 0) is 39.0 Å². The van der Waals surface area contributed by atoms with Gasteiger partial charge < -0.3 is 14.5 Å². The van der Waals surface area contributed by atoms with E-state index in [0.717, 1.165) is 51.7 Å². The molecule has 2 unspecified atom stereocenters. The second-order valence-corrected chi connectivity index (χ2v) is 6.07. The number of hydrogen-bond acceptors (Lipinski definition) is 3. The van der Waals surface area contributed by atoms with Crippen molar-refractivity contribution in [2.45, 2.75) is 64.5 Å². The van der Waals surface area contributed by atoms with Crippen molar-refractivity contribution in [2.24, 2.45) is 0 Å². The zero-order valence-corrected chi connectivity index (χ0v) is 13.3. The fraction of sp³-hybridized carbons (Fsp3) is 0.875. The fourth-order valence-electron chi connectivity index (χ4n) is 3.20. The third-order valence-corrected chi connectivity index (χ3v) is 4.51. The van der Waals surface area contributed by atoms with Gasteiger partial charge in [0.2, 0.25) is 11.8 Å². The van der Waals surface area contributed by atoms with E-state index in [1.807, 2.05) is 6.92 Å². The first-order chi connectivity index (χ1) is 10.2. The maximum Gasteiger partial charge on any atom is 0.246 e. The lowest BCUT2D eigenvalue weighted by atomic mass is 9.95. The Balaban J connectivity index is 1.84. The molecule has 2 atom stereocenters. The molecule has 2 rings (SSSR count). The molecule has 2 amide bonds. The second-order valence-electron chi connectivity index (χ2n) is 6.07. The molecule has 2 aliphatic rings. The first kappa shape index (κ1) is 16.3. The number of nitrogens with zero attached hydrogens (tertiary/aromatic N) is 2. The largest absolute Gasteiger partial charge is 0.381 e. The first-order valence-electron chi connectivity index (χ1n) is 8.35. The van der Waals surface area contributed by atoms with E-state index in [0.29, 0.717) is 13.2 Å². The summed E-state index contributed by atoms with van der Waals surface area (Å²) in [5.41, 5.74) is 0. The van der Waals surface area contributed by atoms with Crippen molar-refractivity contribution in [3.8, 4) is 0 Å². The molecular formula is C16H28N2O3. The van der Waals surface area contributed by atoms with Crippen LogP contribution in [0.4, 0.5) is 0 Å². The van der Waals surface area contributed by atoms with Gasteiger partial charge in [-0.1, -0.05) is 13.3 Å². The fourth-order valence-corrected chi connectivity index (χ4v) is 3.20. The molecule has 0 N–H and O–H groups in total. The van der Waals surface area contributed by atoms with Crippen molar-refractivity contribution in [3.05, 3.63) is 0 Å². The van der Waals surface area contributed by atoms with Crippen LogP contribution in [0, 0.1) is 0 Å². The van der Waals surface area contributed by atoms with E-state index in [2.05, 4.69) is 6.92 Å². The van der Waals surface area contributed by atoms with Crippen LogP contribution in [-0.4, -0.2) is 60.0 Å². The molecule has 0 aromatic carbocycles. The SMILES string of the molecule is CCCCOCCCN1C(=O)C2CCCCN2C(=O)C1C. The number of piperidine rings is 1. The highest BCUT2D eigenvalue weighted by atomic mass is 16.5. The number of unbranched alkanes of at least 4 members (excludes halogenated alkanes) is 1. The van der Waals surface area contributed by atoms with Gasteiger partial charge in [0.1, 0.15) is 12.1 Å². The lowest BCUT2D eigenvalue weighted by Crippen LogP contribution is -2.65. The topological polar surface area (TPSA) is 49.9 Å². The third-order valence-electron chi connectivity index (χ3n) is 4.51. The number of fused-ring (bicyclic) bond motifs is 1. The number of carbonyl (C=O) groups is 2. The van der Waals surface area contributed by atoms with E-state index < -0.39 is 0 Å². The average molecular weight is 296 g/mol. The standard InChI is InChI=1S/C16H28N2O3/c1-3-4-11-21-12-7-10-17-13(2)15(19)18-9-6-5-8-14(18)16(17)20/h13-14H,3-12H2,1-2H3. The molecule has 2 aliphatic heterocycles. The van der Waals surface area contributed by atoms with Gasteiger partial charge in [0, 0.05) is 26.3 Å². The molecule has 0 spiro atoms. The maximum atomic E-state index is 12.6. The summed E-state index contributed by atoms with van der Waals surface area (Å²) in [6.07, 6.45) is 5.90. The normalized spacial score (nSPS) is 26.2. The highest BCUT2D eigenvalue weighted by Crippen LogP contribution is 2.26. The van der Waals surface area contributed by atoms with Gasteiger partial charge in [0.25, 0.3) is 0 Å². The van der Waals surface area contributed by atoms with E-state index in [9.17, 15) is 9.59 Å². The Hall–Kier alpha value is -1.10. The Morgan fingerprint density at radius 3 is 2.67 bits per heavy atom. The van der Waals surface area contributed by atoms with Crippen LogP contribution in [0.15, 0.2) is 0 Å². The number of carbonyl (C=O) groups excluding carboxylic acids is 2. The Morgan fingerprint density at radius 1 is 1.14 bits per heavy atom. The molecule has 5 nitrogen and oxygen atoms in total. The van der Waals surface area contributed by atoms with Crippen molar-refractivity contribution in [1.82, 2.24) is 9.80 Å². The lowest BCUT2D eigenvalue weighted by Gasteiger charge is -2.46. The zero-order valence-electron chi connectivity index (χ0n) is 13.3. The minimum absolute atomic E-state index is 0.117. The molecule has 0 aliphatic carbocycles. The highest BCUT2D eigenvalue weighted by molar-refractivity contribution is 5.96. The smallest absolute Gasteiger partial charge is 0.246 e. The van der Waals surface area contributed by atoms with Crippen molar-refractivity contribution in [3.63, 3.8) is 0 Å². The molecule has 2 fully saturated rings. The highest BCUT2D eigenvalue weighted by Gasteiger charge is 2.44. The Morgan fingerprint density at radius 2 is 1.90 bits per heavy atom. The van der Waals surface area contributed by atoms with E-state index >= 15 is 0 Å². The molecule has 21 heavy (non-hydrogen) atoms. The van der Waals surface area contributed by atoms with Crippen LogP contribution in [0.1, 0.15) is 52.4 Å². The molecule has 0 bridgehead atoms. The number of hydrogen-bond donors (Lipinski definition) is 0. The van der Waals surface area contributed by atoms with Crippen molar-refractivity contribution >= 4 is 11.8 Å². The van der Waals surface area contributed by atoms with Gasteiger partial charge in [-0.2, -0.15) is 0 Å². The van der Waals surface area contributed by atoms with Crippen LogP contribution in [0.3, 0.4) is 0 Å². The molecule has 5 heteroatoms. The summed E-state index contributed by atoms with van der Waals surface area (Å²) in [5, 5.41) is 0. The summed E-state index contributed by atoms with van der Waals surface area (Å²) in [7, 11) is 0. The second kappa shape index (κ2) is 7.78. The lowest BCUT2D eigenvalue weighted by molar-refractivity contribution is -0.163. The number of amides is 2. The monoisotopic (exact) mass is 296 g/mol. The molecule has 0 aromatic rings. The van der Waals surface area contributed by atoms with E-state index in [4.69, 9.17) is 4.74 Å². The minimum atomic E-state index is -0.317. The molecular weight excluding hydrogens is 268 g/mol. The van der Waals surface area contributed by atoms with E-state index in [1.165, 1.54) is 0 Å². The van der Waals surface area contributed by atoms with Gasteiger partial charge in [-0.25, -0.2) is 0 Å². The van der Waals surface area contributed by atoms with Crippen LogP contribution in [0.2, 0.25) is 0 Å². The van der Waals surface area contributed by atoms with Gasteiger partial charge >= 0.3 is 0 Å². The number of rotatable bonds is 7. The van der Waals surface area contributed by atoms with Crippen LogP contribution < -0.4 is 0 Å². The van der Waals surface area contributed by atoms with Gasteiger partial charge in [-0.15, -0.1) is 0 Å².